The van der Waals surface area contributed by atoms with Gasteiger partial charge in [0.2, 0.25) is 0 Å². The Morgan fingerprint density at radius 2 is 2.10 bits per heavy atom. The third-order valence-corrected chi connectivity index (χ3v) is 3.65. The molecule has 2 aromatic carbocycles. The Morgan fingerprint density at radius 1 is 1.33 bits per heavy atom. The molecular weight excluding hydrogens is 356 g/mol. The molecule has 2 aromatic rings. The van der Waals surface area contributed by atoms with Crippen LogP contribution in [0.2, 0.25) is 5.02 Å². The Kier molecular flexibility index (Phi) is 5.36. The summed E-state index contributed by atoms with van der Waals surface area (Å²) >= 11 is 9.32. The van der Waals surface area contributed by atoms with E-state index in [1.54, 1.807) is 31.4 Å². The molecule has 0 spiro atoms. The van der Waals surface area contributed by atoms with Gasteiger partial charge in [-0.3, -0.25) is 4.79 Å². The van der Waals surface area contributed by atoms with Gasteiger partial charge in [-0.25, -0.2) is 5.43 Å². The highest BCUT2D eigenvalue weighted by Crippen LogP contribution is 2.25. The Hall–Kier alpha value is -1.85. The second kappa shape index (κ2) is 7.24. The first-order chi connectivity index (χ1) is 10.1. The molecule has 0 unspecified atom stereocenters. The normalized spacial score (nSPS) is 10.6. The summed E-state index contributed by atoms with van der Waals surface area (Å²) in [6.07, 6.45) is 1.50. The van der Waals surface area contributed by atoms with Crippen molar-refractivity contribution in [2.75, 3.05) is 7.11 Å². The molecule has 2 rings (SSSR count). The Labute approximate surface area is 135 Å². The van der Waals surface area contributed by atoms with Crippen LogP contribution in [0.4, 0.5) is 0 Å². The molecule has 0 fully saturated rings. The topological polar surface area (TPSA) is 50.7 Å². The van der Waals surface area contributed by atoms with Crippen LogP contribution < -0.4 is 10.2 Å². The molecule has 1 amide bonds. The predicted octanol–water partition coefficient (Wildman–Crippen LogP) is 3.88. The molecule has 0 aliphatic heterocycles. The molecule has 4 nitrogen and oxygen atoms in total. The molecule has 0 atom stereocenters. The van der Waals surface area contributed by atoms with Gasteiger partial charge in [0.05, 0.1) is 17.8 Å². The van der Waals surface area contributed by atoms with E-state index in [1.807, 2.05) is 18.2 Å². The van der Waals surface area contributed by atoms with Crippen molar-refractivity contribution < 1.29 is 9.53 Å². The van der Waals surface area contributed by atoms with Crippen LogP contribution >= 0.6 is 27.5 Å². The second-order valence-electron chi connectivity index (χ2n) is 4.07. The van der Waals surface area contributed by atoms with Gasteiger partial charge < -0.3 is 4.74 Å². The number of nitrogens with one attached hydrogen (secondary N) is 1. The van der Waals surface area contributed by atoms with Gasteiger partial charge in [0.25, 0.3) is 5.91 Å². The largest absolute Gasteiger partial charge is 0.496 e. The highest BCUT2D eigenvalue weighted by molar-refractivity contribution is 9.10. The average molecular weight is 368 g/mol. The average Bonchev–Trinajstić information content (AvgIpc) is 2.49. The number of methoxy groups -OCH3 is 1. The standard InChI is InChI=1S/C15H12BrClN2O2/c1-21-14-7-6-10(8-12(14)16)15(20)19-18-9-11-4-2-3-5-13(11)17/h2-9H,1H3,(H,19,20). The fourth-order valence-electron chi connectivity index (χ4n) is 1.61. The zero-order valence-corrected chi connectivity index (χ0v) is 13.5. The summed E-state index contributed by atoms with van der Waals surface area (Å²) in [6.45, 7) is 0. The van der Waals surface area contributed by atoms with Crippen LogP contribution in [0.25, 0.3) is 0 Å². The molecule has 1 N–H and O–H groups in total. The van der Waals surface area contributed by atoms with E-state index in [2.05, 4.69) is 26.5 Å². The molecule has 0 aliphatic carbocycles. The van der Waals surface area contributed by atoms with Gasteiger partial charge in [-0.2, -0.15) is 5.10 Å². The number of hydrazone groups is 1. The van der Waals surface area contributed by atoms with Crippen molar-refractivity contribution in [3.8, 4) is 5.75 Å². The molecule has 0 aromatic heterocycles. The quantitative estimate of drug-likeness (QED) is 0.659. The first kappa shape index (κ1) is 15.5. The van der Waals surface area contributed by atoms with E-state index in [-0.39, 0.29) is 5.91 Å². The summed E-state index contributed by atoms with van der Waals surface area (Å²) in [7, 11) is 1.56. The first-order valence-corrected chi connectivity index (χ1v) is 7.20. The number of amides is 1. The second-order valence-corrected chi connectivity index (χ2v) is 5.33. The zero-order chi connectivity index (χ0) is 15.2. The molecule has 0 heterocycles. The lowest BCUT2D eigenvalue weighted by Crippen LogP contribution is -2.17. The Morgan fingerprint density at radius 3 is 2.76 bits per heavy atom. The van der Waals surface area contributed by atoms with E-state index in [4.69, 9.17) is 16.3 Å². The molecule has 0 radical (unpaired) electrons. The molecule has 0 bridgehead atoms. The highest BCUT2D eigenvalue weighted by Gasteiger charge is 2.07. The lowest BCUT2D eigenvalue weighted by atomic mass is 10.2. The minimum absolute atomic E-state index is 0.318. The lowest BCUT2D eigenvalue weighted by Gasteiger charge is -2.05. The number of nitrogens with zero attached hydrogens (tertiary/aromatic N) is 1. The summed E-state index contributed by atoms with van der Waals surface area (Å²) in [5.74, 6) is 0.341. The Balaban J connectivity index is 2.05. The smallest absolute Gasteiger partial charge is 0.271 e. The SMILES string of the molecule is COc1ccc(C(=O)NN=Cc2ccccc2Cl)cc1Br. The maximum absolute atomic E-state index is 12.0. The molecule has 108 valence electrons. The molecule has 0 saturated carbocycles. The number of rotatable bonds is 4. The van der Waals surface area contributed by atoms with E-state index in [0.29, 0.717) is 20.8 Å². The fourth-order valence-corrected chi connectivity index (χ4v) is 2.34. The lowest BCUT2D eigenvalue weighted by molar-refractivity contribution is 0.0955. The van der Waals surface area contributed by atoms with Crippen LogP contribution in [0.1, 0.15) is 15.9 Å². The van der Waals surface area contributed by atoms with Crippen molar-refractivity contribution in [2.45, 2.75) is 0 Å². The van der Waals surface area contributed by atoms with Crippen LogP contribution in [0.5, 0.6) is 5.75 Å². The van der Waals surface area contributed by atoms with Gasteiger partial charge in [-0.1, -0.05) is 29.8 Å². The van der Waals surface area contributed by atoms with Gasteiger partial charge in [0.15, 0.2) is 0 Å². The minimum Gasteiger partial charge on any atom is -0.496 e. The molecular formula is C15H12BrClN2O2. The molecule has 6 heteroatoms. The number of ether oxygens (including phenoxy) is 1. The summed E-state index contributed by atoms with van der Waals surface area (Å²) in [6, 6.07) is 12.3. The number of hydrogen-bond acceptors (Lipinski definition) is 3. The van der Waals surface area contributed by atoms with Gasteiger partial charge in [0.1, 0.15) is 5.75 Å². The summed E-state index contributed by atoms with van der Waals surface area (Å²) in [5, 5.41) is 4.47. The van der Waals surface area contributed by atoms with E-state index in [0.717, 1.165) is 5.56 Å². The van der Waals surface area contributed by atoms with Gasteiger partial charge >= 0.3 is 0 Å². The van der Waals surface area contributed by atoms with Crippen molar-refractivity contribution in [2.24, 2.45) is 5.10 Å². The zero-order valence-electron chi connectivity index (χ0n) is 11.1. The van der Waals surface area contributed by atoms with Gasteiger partial charge in [-0.05, 0) is 40.2 Å². The maximum atomic E-state index is 12.0. The summed E-state index contributed by atoms with van der Waals surface area (Å²) in [5.41, 5.74) is 3.65. The maximum Gasteiger partial charge on any atom is 0.271 e. The third kappa shape index (κ3) is 4.06. The van der Waals surface area contributed by atoms with Crippen molar-refractivity contribution in [1.82, 2.24) is 5.43 Å². The van der Waals surface area contributed by atoms with Crippen LogP contribution in [0.3, 0.4) is 0 Å². The van der Waals surface area contributed by atoms with Gasteiger partial charge in [0, 0.05) is 16.1 Å². The van der Waals surface area contributed by atoms with E-state index < -0.39 is 0 Å². The Bertz CT molecular complexity index is 689. The van der Waals surface area contributed by atoms with Crippen LogP contribution in [-0.2, 0) is 0 Å². The summed E-state index contributed by atoms with van der Waals surface area (Å²) in [4.78, 5) is 12.0. The van der Waals surface area contributed by atoms with Crippen molar-refractivity contribution in [3.63, 3.8) is 0 Å². The van der Waals surface area contributed by atoms with Crippen LogP contribution in [-0.4, -0.2) is 19.2 Å². The molecule has 21 heavy (non-hydrogen) atoms. The molecule has 0 aliphatic rings. The van der Waals surface area contributed by atoms with Crippen molar-refractivity contribution >= 4 is 39.7 Å². The highest BCUT2D eigenvalue weighted by atomic mass is 79.9. The van der Waals surface area contributed by atoms with Crippen molar-refractivity contribution in [3.05, 3.63) is 63.1 Å². The van der Waals surface area contributed by atoms with E-state index >= 15 is 0 Å². The van der Waals surface area contributed by atoms with Gasteiger partial charge in [-0.15, -0.1) is 0 Å². The van der Waals surface area contributed by atoms with Crippen LogP contribution in [0.15, 0.2) is 52.0 Å². The van der Waals surface area contributed by atoms with E-state index in [9.17, 15) is 4.79 Å². The predicted molar refractivity (Wildman–Crippen MR) is 87.2 cm³/mol. The summed E-state index contributed by atoms with van der Waals surface area (Å²) < 4.78 is 5.81. The number of benzene rings is 2. The number of carbonyl (C=O) groups excluding carboxylic acids is 1. The van der Waals surface area contributed by atoms with E-state index in [1.165, 1.54) is 6.21 Å². The fraction of sp³-hybridized carbons (Fsp3) is 0.0667. The number of hydrogen-bond donors (Lipinski definition) is 1. The minimum atomic E-state index is -0.318. The first-order valence-electron chi connectivity index (χ1n) is 6.03. The monoisotopic (exact) mass is 366 g/mol. The molecule has 0 saturated heterocycles. The number of halogens is 2. The van der Waals surface area contributed by atoms with Crippen molar-refractivity contribution in [1.29, 1.82) is 0 Å². The third-order valence-electron chi connectivity index (χ3n) is 2.69. The number of carbonyl (C=O) groups is 1. The van der Waals surface area contributed by atoms with Crippen LogP contribution in [0, 0.1) is 0 Å².